The van der Waals surface area contributed by atoms with Gasteiger partial charge in [-0.3, -0.25) is 18.8 Å². The molecule has 24 aromatic rings. The summed E-state index contributed by atoms with van der Waals surface area (Å²) in [6, 6.07) is 132. The van der Waals surface area contributed by atoms with E-state index in [1.54, 1.807) is 18.3 Å². The van der Waals surface area contributed by atoms with E-state index in [-0.39, 0.29) is 24.6 Å². The van der Waals surface area contributed by atoms with E-state index in [1.165, 1.54) is 120 Å². The van der Waals surface area contributed by atoms with E-state index in [0.29, 0.717) is 5.52 Å². The Labute approximate surface area is 667 Å². The van der Waals surface area contributed by atoms with Gasteiger partial charge in [0.2, 0.25) is 5.52 Å². The minimum absolute atomic E-state index is 0. The van der Waals surface area contributed by atoms with Crippen LogP contribution in [0.15, 0.2) is 395 Å². The molecule has 0 amide bonds. The van der Waals surface area contributed by atoms with E-state index >= 15 is 0 Å². The number of benzene rings is 17. The third-order valence-electron chi connectivity index (χ3n) is 22.1. The van der Waals surface area contributed by atoms with Gasteiger partial charge in [0.25, 0.3) is 0 Å². The molecule has 0 unspecified atom stereocenters. The van der Waals surface area contributed by atoms with Gasteiger partial charge in [0.15, 0.2) is 6.20 Å². The van der Waals surface area contributed by atoms with Crippen molar-refractivity contribution in [3.8, 4) is 72.8 Å². The summed E-state index contributed by atoms with van der Waals surface area (Å²) in [5.41, 5.74) is 24.0. The number of nitrogens with zero attached hydrogens (tertiary/aromatic N) is 7. The van der Waals surface area contributed by atoms with Crippen LogP contribution in [-0.2, 0) is 0 Å². The summed E-state index contributed by atoms with van der Waals surface area (Å²) >= 11 is 0. The topological polar surface area (TPSA) is 110 Å². The Hall–Kier alpha value is -14.7. The maximum atomic E-state index is 11.1. The number of para-hydroxylation sites is 7. The molecule has 0 aliphatic heterocycles. The molecular formula is C104H66LiN8O+. The van der Waals surface area contributed by atoms with Crippen molar-refractivity contribution in [2.45, 2.75) is 0 Å². The molecule has 17 aromatic carbocycles. The van der Waals surface area contributed by atoms with Gasteiger partial charge in [0, 0.05) is 56.3 Å². The molecule has 528 valence electrons. The predicted molar refractivity (Wildman–Crippen MR) is 467 cm³/mol. The summed E-state index contributed by atoms with van der Waals surface area (Å²) in [4.78, 5) is 27.4. The molecular weight excluding hydrogens is 1380 g/mol. The molecule has 0 aliphatic rings. The normalized spacial score (nSPS) is 11.5. The largest absolute Gasteiger partial charge is 1.00 e. The van der Waals surface area contributed by atoms with Crippen molar-refractivity contribution in [2.24, 2.45) is 0 Å². The van der Waals surface area contributed by atoms with Gasteiger partial charge in [-0.15, -0.1) is 0 Å². The maximum absolute atomic E-state index is 11.1. The smallest absolute Gasteiger partial charge is 0.868 e. The molecule has 0 spiro atoms. The number of nitrogens with one attached hydrogen (secondary N) is 1. The summed E-state index contributed by atoms with van der Waals surface area (Å²) in [5.74, 6) is 0.947. The number of hydrogen-bond donors (Lipinski definition) is 0. The van der Waals surface area contributed by atoms with Crippen LogP contribution in [0.5, 0.6) is 5.75 Å². The molecule has 0 aliphatic carbocycles. The van der Waals surface area contributed by atoms with Gasteiger partial charge in [0.05, 0.1) is 44.1 Å². The summed E-state index contributed by atoms with van der Waals surface area (Å²) in [6.07, 6.45) is 5.51. The second-order valence-corrected chi connectivity index (χ2v) is 28.6. The monoisotopic (exact) mass is 1450 g/mol. The van der Waals surface area contributed by atoms with Crippen molar-refractivity contribution < 1.29 is 29.0 Å². The van der Waals surface area contributed by atoms with Crippen LogP contribution in [0, 0.1) is 0 Å². The Balaban J connectivity index is 0.000000105. The van der Waals surface area contributed by atoms with Crippen molar-refractivity contribution in [1.29, 1.82) is 0 Å². The van der Waals surface area contributed by atoms with Crippen LogP contribution in [0.4, 0.5) is 0 Å². The second-order valence-electron chi connectivity index (χ2n) is 28.6. The maximum Gasteiger partial charge on any atom is 1.00 e. The van der Waals surface area contributed by atoms with Crippen LogP contribution in [0.25, 0.3) is 209 Å². The van der Waals surface area contributed by atoms with E-state index in [1.807, 2.05) is 54.9 Å². The molecule has 0 saturated carbocycles. The number of imidazole rings is 2. The summed E-state index contributed by atoms with van der Waals surface area (Å²) in [7, 11) is 0. The Morgan fingerprint density at radius 1 is 0.254 bits per heavy atom. The molecule has 0 bridgehead atoms. The fourth-order valence-electron chi connectivity index (χ4n) is 16.7. The number of aromatic amines is 1. The fraction of sp³-hybridized carbons (Fsp3) is 0. The number of rotatable bonds is 6. The quantitative estimate of drug-likeness (QED) is 0.121. The molecule has 1 N–H and O–H groups in total. The number of hydrogen-bond acceptors (Lipinski definition) is 6. The van der Waals surface area contributed by atoms with Crippen molar-refractivity contribution in [1.82, 2.24) is 33.7 Å². The van der Waals surface area contributed by atoms with E-state index in [4.69, 9.17) is 15.0 Å². The predicted octanol–water partition coefficient (Wildman–Crippen LogP) is 22.4. The fourth-order valence-corrected chi connectivity index (χ4v) is 16.7. The zero-order valence-electron chi connectivity index (χ0n) is 62.1. The Bertz CT molecular complexity index is 7700. The molecule has 114 heavy (non-hydrogen) atoms. The average molecular weight is 1450 g/mol. The van der Waals surface area contributed by atoms with Crippen LogP contribution < -0.4 is 29.0 Å². The number of pyridine rings is 4. The first kappa shape index (κ1) is 68.5. The first-order valence-corrected chi connectivity index (χ1v) is 38.0. The minimum atomic E-state index is 0. The Morgan fingerprint density at radius 2 is 0.702 bits per heavy atom. The van der Waals surface area contributed by atoms with Gasteiger partial charge >= 0.3 is 18.9 Å². The van der Waals surface area contributed by atoms with Gasteiger partial charge in [-0.1, -0.05) is 285 Å². The van der Waals surface area contributed by atoms with Crippen molar-refractivity contribution >= 4 is 142 Å². The van der Waals surface area contributed by atoms with Crippen molar-refractivity contribution in [2.75, 3.05) is 0 Å². The average Bonchev–Trinajstić information content (AvgIpc) is 1.39. The third kappa shape index (κ3) is 12.1. The molecule has 0 fully saturated rings. The number of H-pyrrole nitrogens is 1. The van der Waals surface area contributed by atoms with Crippen LogP contribution in [0.3, 0.4) is 0 Å². The molecule has 24 rings (SSSR count). The van der Waals surface area contributed by atoms with Gasteiger partial charge in [-0.2, -0.15) is 0 Å². The summed E-state index contributed by atoms with van der Waals surface area (Å²) < 4.78 is 4.49. The second kappa shape index (κ2) is 28.9. The van der Waals surface area contributed by atoms with Gasteiger partial charge in [-0.05, 0) is 195 Å². The molecule has 0 saturated heterocycles. The SMILES string of the molecule is [Li+].[O-]c1cccc2ccc[nH+]c12.c1cc2ccc3ccc(-c4ccc(-c5nc6ccccc6c6nc7ccccc7n56)cc4)c4ccc(c1)c2c34.c1ccc(-c2ccnc3c2ccc2c(-c4ccccc4)ccnc23)cc1.c1ccc2cc(-c3ccc(-c4ccc5c(c4)c4ccccc4n4c6ccccc6nc54)cc3)ccc2c1. The zero-order chi connectivity index (χ0) is 74.9. The molecule has 9 nitrogen and oxygen atoms in total. The van der Waals surface area contributed by atoms with E-state index in [0.717, 1.165) is 82.8 Å². The summed E-state index contributed by atoms with van der Waals surface area (Å²) in [6.45, 7) is 0. The molecule has 7 aromatic heterocycles. The minimum Gasteiger partial charge on any atom is -0.868 e. The first-order valence-electron chi connectivity index (χ1n) is 38.0. The Morgan fingerprint density at radius 3 is 1.38 bits per heavy atom. The van der Waals surface area contributed by atoms with Crippen LogP contribution in [0.1, 0.15) is 0 Å². The van der Waals surface area contributed by atoms with Crippen LogP contribution in [0.2, 0.25) is 0 Å². The van der Waals surface area contributed by atoms with Crippen molar-refractivity contribution in [3.63, 3.8) is 0 Å². The molecule has 10 heteroatoms. The van der Waals surface area contributed by atoms with Gasteiger partial charge in [0.1, 0.15) is 17.1 Å². The van der Waals surface area contributed by atoms with E-state index in [2.05, 4.69) is 345 Å². The zero-order valence-corrected chi connectivity index (χ0v) is 62.1. The molecule has 0 radical (unpaired) electrons. The number of aromatic nitrogens is 8. The third-order valence-corrected chi connectivity index (χ3v) is 22.1. The van der Waals surface area contributed by atoms with E-state index < -0.39 is 0 Å². The van der Waals surface area contributed by atoms with E-state index in [9.17, 15) is 5.11 Å². The van der Waals surface area contributed by atoms with Gasteiger partial charge in [-0.25, -0.2) is 19.9 Å². The summed E-state index contributed by atoms with van der Waals surface area (Å²) in [5, 5.41) is 29.4. The number of fused-ring (bicyclic) bond motifs is 18. The molecule has 0 atom stereocenters. The van der Waals surface area contributed by atoms with Crippen LogP contribution in [-0.4, -0.2) is 33.7 Å². The standard InChI is InChI=1S/C36H21N3.C35H22N2.C24H16N2.C9H7NO.Li/c1-2-9-30-29(8-1)36-38-31-10-3-4-11-32(31)39(36)35(37-30)26-16-12-22(13-17-26)27-20-18-25-15-14-23-6-5-7-24-19-21-28(27)34(25)33(23)24;1-2-8-26-21-27(18-17-23(26)7-1)24-13-15-25(16-14-24)28-19-20-30-31(22-28)29-9-3-5-11-33(29)37-34-12-6-4-10-32(34)36-35(30)37;1-3-7-17(8-4-1)19-13-15-25-23-21(19)11-12-22-20(14-16-26-24(22)23)18-9-5-2-6-10-18;11-8-5-1-3-7-4-2-6-10-9(7)8;/h1-21H;1-22H;1-16H;1-6,11H;/q;;;;+1. The van der Waals surface area contributed by atoms with Crippen LogP contribution >= 0.6 is 0 Å². The molecule has 7 heterocycles. The first-order chi connectivity index (χ1) is 56.0. The Kier molecular flexibility index (Phi) is 17.4. The van der Waals surface area contributed by atoms with Crippen molar-refractivity contribution in [3.05, 3.63) is 395 Å². The van der Waals surface area contributed by atoms with Gasteiger partial charge < -0.3 is 5.11 Å².